The third-order valence-corrected chi connectivity index (χ3v) is 5.27. The molecule has 1 aromatic carbocycles. The van der Waals surface area contributed by atoms with E-state index in [1.54, 1.807) is 12.1 Å². The number of aliphatic imine (C=N–C) groups is 1. The minimum atomic E-state index is -0.490. The van der Waals surface area contributed by atoms with Gasteiger partial charge in [-0.3, -0.25) is 4.79 Å². The molecule has 6 heteroatoms. The number of allylic oxidation sites excluding steroid dienone is 2. The lowest BCUT2D eigenvalue weighted by Gasteiger charge is -2.29. The predicted octanol–water partition coefficient (Wildman–Crippen LogP) is 4.61. The second-order valence-electron chi connectivity index (χ2n) is 5.69. The summed E-state index contributed by atoms with van der Waals surface area (Å²) in [6.45, 7) is 6.57. The molecule has 1 unspecified atom stereocenters. The Kier molecular flexibility index (Phi) is 7.24. The number of benzene rings is 1. The molecule has 25 heavy (non-hydrogen) atoms. The molecule has 0 fully saturated rings. The lowest BCUT2D eigenvalue weighted by atomic mass is 9.78. The number of hydrogen-bond acceptors (Lipinski definition) is 5. The third-order valence-electron chi connectivity index (χ3n) is 4.01. The van der Waals surface area contributed by atoms with Gasteiger partial charge in [-0.2, -0.15) is 5.26 Å². The molecule has 1 heterocycles. The number of ether oxygens (including phenoxy) is 1. The van der Waals surface area contributed by atoms with Crippen molar-refractivity contribution in [3.05, 3.63) is 46.1 Å². The number of ketones is 1. The standard InChI is InChI=1S/C19H21ClN2O2S/c1-4-24-9-10-25-19-16(11-21)18(14-5-7-15(20)8-6-14)17(13(3)23)12(2)22-19/h5-8,16,18H,4,9-10H2,1-3H3/t16?,18-/m1/s1. The average Bonchev–Trinajstić information content (AvgIpc) is 2.58. The second-order valence-corrected chi connectivity index (χ2v) is 7.24. The van der Waals surface area contributed by atoms with Gasteiger partial charge in [-0.05, 0) is 38.5 Å². The Morgan fingerprint density at radius 3 is 2.64 bits per heavy atom. The summed E-state index contributed by atoms with van der Waals surface area (Å²) >= 11 is 7.51. The van der Waals surface area contributed by atoms with E-state index in [-0.39, 0.29) is 11.7 Å². The quantitative estimate of drug-likeness (QED) is 0.680. The van der Waals surface area contributed by atoms with Crippen LogP contribution in [0.25, 0.3) is 0 Å². The van der Waals surface area contributed by atoms with Gasteiger partial charge in [-0.15, -0.1) is 11.8 Å². The number of thioether (sulfide) groups is 1. The minimum Gasteiger partial charge on any atom is -0.381 e. The number of carbonyl (C=O) groups excluding carboxylic acids is 1. The van der Waals surface area contributed by atoms with E-state index in [4.69, 9.17) is 16.3 Å². The predicted molar refractivity (Wildman–Crippen MR) is 103 cm³/mol. The number of hydrogen-bond donors (Lipinski definition) is 0. The molecule has 4 nitrogen and oxygen atoms in total. The Labute approximate surface area is 157 Å². The molecule has 0 radical (unpaired) electrons. The molecule has 2 rings (SSSR count). The van der Waals surface area contributed by atoms with Crippen LogP contribution in [0, 0.1) is 17.2 Å². The fourth-order valence-electron chi connectivity index (χ4n) is 2.93. The first-order chi connectivity index (χ1) is 12.0. The second kappa shape index (κ2) is 9.19. The summed E-state index contributed by atoms with van der Waals surface area (Å²) in [6.07, 6.45) is 0. The molecule has 1 aliphatic rings. The maximum absolute atomic E-state index is 12.2. The minimum absolute atomic E-state index is 0.0557. The monoisotopic (exact) mass is 376 g/mol. The van der Waals surface area contributed by atoms with E-state index >= 15 is 0 Å². The number of carbonyl (C=O) groups is 1. The zero-order chi connectivity index (χ0) is 18.4. The van der Waals surface area contributed by atoms with Crippen LogP contribution >= 0.6 is 23.4 Å². The van der Waals surface area contributed by atoms with Gasteiger partial charge >= 0.3 is 0 Å². The van der Waals surface area contributed by atoms with Crippen molar-refractivity contribution in [2.75, 3.05) is 19.0 Å². The van der Waals surface area contributed by atoms with E-state index in [0.717, 1.165) is 16.4 Å². The Bertz CT molecular complexity index is 735. The first kappa shape index (κ1) is 19.7. The fraction of sp³-hybridized carbons (Fsp3) is 0.421. The van der Waals surface area contributed by atoms with E-state index in [2.05, 4.69) is 11.1 Å². The number of Topliss-reactive ketones (excluding diaryl/α,β-unsaturated/α-hetero) is 1. The van der Waals surface area contributed by atoms with Crippen molar-refractivity contribution in [3.63, 3.8) is 0 Å². The van der Waals surface area contributed by atoms with Crippen LogP contribution in [0.2, 0.25) is 5.02 Å². The molecular weight excluding hydrogens is 356 g/mol. The Balaban J connectivity index is 2.41. The van der Waals surface area contributed by atoms with E-state index < -0.39 is 5.92 Å². The number of nitriles is 1. The summed E-state index contributed by atoms with van der Waals surface area (Å²) in [7, 11) is 0. The highest BCUT2D eigenvalue weighted by molar-refractivity contribution is 8.14. The van der Waals surface area contributed by atoms with Crippen molar-refractivity contribution < 1.29 is 9.53 Å². The van der Waals surface area contributed by atoms with Gasteiger partial charge in [0, 0.05) is 34.6 Å². The van der Waals surface area contributed by atoms with Gasteiger partial charge in [0.05, 0.1) is 17.7 Å². The van der Waals surface area contributed by atoms with Gasteiger partial charge in [-0.1, -0.05) is 23.7 Å². The van der Waals surface area contributed by atoms with E-state index in [9.17, 15) is 10.1 Å². The van der Waals surface area contributed by atoms with E-state index in [1.165, 1.54) is 18.7 Å². The summed E-state index contributed by atoms with van der Waals surface area (Å²) in [5.41, 5.74) is 2.18. The van der Waals surface area contributed by atoms with E-state index in [1.807, 2.05) is 26.0 Å². The molecular formula is C19H21ClN2O2S. The SMILES string of the molecule is CCOCCSC1=NC(C)=C(C(C)=O)[C@H](c2ccc(Cl)cc2)C1C#N. The Morgan fingerprint density at radius 1 is 1.40 bits per heavy atom. The van der Waals surface area contributed by atoms with Crippen molar-refractivity contribution in [2.24, 2.45) is 10.9 Å². The van der Waals surface area contributed by atoms with E-state index in [0.29, 0.717) is 29.5 Å². The molecule has 132 valence electrons. The topological polar surface area (TPSA) is 62.4 Å². The Morgan fingerprint density at radius 2 is 2.08 bits per heavy atom. The summed E-state index contributed by atoms with van der Waals surface area (Å²) in [5.74, 6) is -0.150. The highest BCUT2D eigenvalue weighted by Gasteiger charge is 2.37. The van der Waals surface area contributed by atoms with Gasteiger partial charge in [0.2, 0.25) is 0 Å². The smallest absolute Gasteiger partial charge is 0.158 e. The van der Waals surface area contributed by atoms with Crippen molar-refractivity contribution in [1.82, 2.24) is 0 Å². The van der Waals surface area contributed by atoms with Crippen LogP contribution in [-0.2, 0) is 9.53 Å². The average molecular weight is 377 g/mol. The third kappa shape index (κ3) is 4.72. The molecule has 0 amide bonds. The number of nitrogens with zero attached hydrogens (tertiary/aromatic N) is 2. The zero-order valence-corrected chi connectivity index (χ0v) is 16.2. The first-order valence-electron chi connectivity index (χ1n) is 8.15. The van der Waals surface area contributed by atoms with Gasteiger partial charge in [0.25, 0.3) is 0 Å². The fourth-order valence-corrected chi connectivity index (χ4v) is 4.04. The van der Waals surface area contributed by atoms with Gasteiger partial charge < -0.3 is 4.74 Å². The molecule has 0 saturated carbocycles. The summed E-state index contributed by atoms with van der Waals surface area (Å²) < 4.78 is 5.36. The lowest BCUT2D eigenvalue weighted by Crippen LogP contribution is -2.28. The lowest BCUT2D eigenvalue weighted by molar-refractivity contribution is -0.114. The van der Waals surface area contributed by atoms with Crippen molar-refractivity contribution in [2.45, 2.75) is 26.7 Å². The molecule has 0 bridgehead atoms. The molecule has 0 aromatic heterocycles. The number of rotatable bonds is 6. The van der Waals surface area contributed by atoms with Crippen LogP contribution < -0.4 is 0 Å². The molecule has 0 spiro atoms. The van der Waals surface area contributed by atoms with Crippen LogP contribution in [0.15, 0.2) is 40.5 Å². The summed E-state index contributed by atoms with van der Waals surface area (Å²) in [4.78, 5) is 16.8. The van der Waals surface area contributed by atoms with Gasteiger partial charge in [0.15, 0.2) is 5.78 Å². The molecule has 1 aromatic rings. The Hall–Kier alpha value is -1.61. The highest BCUT2D eigenvalue weighted by atomic mass is 35.5. The van der Waals surface area contributed by atoms with Crippen molar-refractivity contribution >= 4 is 34.2 Å². The maximum atomic E-state index is 12.2. The van der Waals surface area contributed by atoms with Crippen LogP contribution in [0.4, 0.5) is 0 Å². The molecule has 0 aliphatic carbocycles. The zero-order valence-electron chi connectivity index (χ0n) is 14.6. The number of halogens is 1. The van der Waals surface area contributed by atoms with Crippen LogP contribution in [0.1, 0.15) is 32.3 Å². The first-order valence-corrected chi connectivity index (χ1v) is 9.51. The summed E-state index contributed by atoms with van der Waals surface area (Å²) in [5, 5.41) is 11.2. The van der Waals surface area contributed by atoms with Crippen molar-refractivity contribution in [3.8, 4) is 6.07 Å². The maximum Gasteiger partial charge on any atom is 0.158 e. The molecule has 0 saturated heterocycles. The van der Waals surface area contributed by atoms with Crippen LogP contribution in [0.5, 0.6) is 0 Å². The largest absolute Gasteiger partial charge is 0.381 e. The molecule has 0 N–H and O–H groups in total. The molecule has 1 aliphatic heterocycles. The summed E-state index contributed by atoms with van der Waals surface area (Å²) in [6, 6.07) is 9.67. The normalized spacial score (nSPS) is 20.2. The van der Waals surface area contributed by atoms with Crippen LogP contribution in [-0.4, -0.2) is 29.8 Å². The van der Waals surface area contributed by atoms with Crippen molar-refractivity contribution in [1.29, 1.82) is 5.26 Å². The highest BCUT2D eigenvalue weighted by Crippen LogP contribution is 2.41. The van der Waals surface area contributed by atoms with Crippen LogP contribution in [0.3, 0.4) is 0 Å². The van der Waals surface area contributed by atoms with Gasteiger partial charge in [-0.25, -0.2) is 4.99 Å². The van der Waals surface area contributed by atoms with Gasteiger partial charge in [0.1, 0.15) is 5.92 Å². The molecule has 2 atom stereocenters.